The summed E-state index contributed by atoms with van der Waals surface area (Å²) in [5.74, 6) is 0.796. The van der Waals surface area contributed by atoms with Crippen LogP contribution in [0.5, 0.6) is 11.5 Å². The lowest BCUT2D eigenvalue weighted by Gasteiger charge is -2.25. The van der Waals surface area contributed by atoms with E-state index in [0.29, 0.717) is 24.6 Å². The Bertz CT molecular complexity index is 847. The predicted molar refractivity (Wildman–Crippen MR) is 93.3 cm³/mol. The van der Waals surface area contributed by atoms with E-state index in [1.807, 2.05) is 17.7 Å². The molecule has 1 fully saturated rings. The SMILES string of the molecule is CCn1nccc1[C@H]1CCCN1S(=O)(=O)c1cc(OC)ccc1OC. The van der Waals surface area contributed by atoms with Gasteiger partial charge in [0.05, 0.1) is 26.0 Å². The van der Waals surface area contributed by atoms with Gasteiger partial charge in [-0.1, -0.05) is 0 Å². The highest BCUT2D eigenvalue weighted by atomic mass is 32.2. The maximum atomic E-state index is 13.3. The third kappa shape index (κ3) is 3.11. The molecule has 0 unspecified atom stereocenters. The molecule has 0 amide bonds. The molecule has 0 bridgehead atoms. The van der Waals surface area contributed by atoms with E-state index in [1.165, 1.54) is 20.3 Å². The average molecular weight is 365 g/mol. The number of benzene rings is 1. The van der Waals surface area contributed by atoms with Crippen molar-refractivity contribution in [2.75, 3.05) is 20.8 Å². The second kappa shape index (κ2) is 7.05. The molecule has 136 valence electrons. The summed E-state index contributed by atoms with van der Waals surface area (Å²) in [4.78, 5) is 0.129. The van der Waals surface area contributed by atoms with Gasteiger partial charge >= 0.3 is 0 Å². The summed E-state index contributed by atoms with van der Waals surface area (Å²) in [6.45, 7) is 3.17. The van der Waals surface area contributed by atoms with E-state index in [2.05, 4.69) is 5.10 Å². The summed E-state index contributed by atoms with van der Waals surface area (Å²) in [5, 5.41) is 4.28. The topological polar surface area (TPSA) is 73.7 Å². The van der Waals surface area contributed by atoms with Gasteiger partial charge in [0.1, 0.15) is 16.4 Å². The Hall–Kier alpha value is -2.06. The molecule has 0 spiro atoms. The molecule has 2 aromatic rings. The average Bonchev–Trinajstić information content (AvgIpc) is 3.29. The van der Waals surface area contributed by atoms with E-state index in [-0.39, 0.29) is 10.9 Å². The molecule has 25 heavy (non-hydrogen) atoms. The molecule has 1 saturated heterocycles. The molecular weight excluding hydrogens is 342 g/mol. The molecular formula is C17H23N3O4S. The summed E-state index contributed by atoms with van der Waals surface area (Å²) in [6, 6.07) is 6.49. The minimum atomic E-state index is -3.73. The van der Waals surface area contributed by atoms with Crippen molar-refractivity contribution in [2.45, 2.75) is 37.2 Å². The van der Waals surface area contributed by atoms with Gasteiger partial charge in [-0.2, -0.15) is 9.40 Å². The van der Waals surface area contributed by atoms with E-state index in [9.17, 15) is 8.42 Å². The van der Waals surface area contributed by atoms with Crippen molar-refractivity contribution in [1.29, 1.82) is 0 Å². The van der Waals surface area contributed by atoms with Gasteiger partial charge in [-0.25, -0.2) is 8.42 Å². The maximum absolute atomic E-state index is 13.3. The summed E-state index contributed by atoms with van der Waals surface area (Å²) in [7, 11) is -0.750. The largest absolute Gasteiger partial charge is 0.497 e. The monoisotopic (exact) mass is 365 g/mol. The molecule has 1 aliphatic rings. The Balaban J connectivity index is 2.05. The van der Waals surface area contributed by atoms with Gasteiger partial charge in [0, 0.05) is 25.4 Å². The van der Waals surface area contributed by atoms with E-state index < -0.39 is 10.0 Å². The molecule has 7 nitrogen and oxygen atoms in total. The van der Waals surface area contributed by atoms with E-state index in [4.69, 9.17) is 9.47 Å². The zero-order valence-corrected chi connectivity index (χ0v) is 15.5. The van der Waals surface area contributed by atoms with Crippen LogP contribution in [0.4, 0.5) is 0 Å². The lowest BCUT2D eigenvalue weighted by atomic mass is 10.1. The molecule has 0 saturated carbocycles. The first-order valence-electron chi connectivity index (χ1n) is 8.28. The summed E-state index contributed by atoms with van der Waals surface area (Å²) in [6.07, 6.45) is 3.30. The first-order chi connectivity index (χ1) is 12.0. The van der Waals surface area contributed by atoms with Crippen LogP contribution in [0, 0.1) is 0 Å². The summed E-state index contributed by atoms with van der Waals surface area (Å²) >= 11 is 0. The zero-order valence-electron chi connectivity index (χ0n) is 14.7. The predicted octanol–water partition coefficient (Wildman–Crippen LogP) is 2.45. The Morgan fingerprint density at radius 2 is 2.04 bits per heavy atom. The second-order valence-electron chi connectivity index (χ2n) is 5.86. The molecule has 1 aromatic carbocycles. The van der Waals surface area contributed by atoms with E-state index in [0.717, 1.165) is 18.5 Å². The standard InChI is InChI=1S/C17H23N3O4S/c1-4-19-14(9-10-18-19)15-6-5-11-20(15)25(21,22)17-12-13(23-2)7-8-16(17)24-3/h7-10,12,15H,4-6,11H2,1-3H3/t15-/m1/s1. The van der Waals surface area contributed by atoms with Gasteiger partial charge in [0.2, 0.25) is 10.0 Å². The lowest BCUT2D eigenvalue weighted by Crippen LogP contribution is -2.32. The van der Waals surface area contributed by atoms with Gasteiger partial charge in [-0.15, -0.1) is 0 Å². The highest BCUT2D eigenvalue weighted by Gasteiger charge is 2.39. The minimum absolute atomic E-state index is 0.129. The van der Waals surface area contributed by atoms with Crippen LogP contribution in [-0.4, -0.2) is 43.3 Å². The third-order valence-corrected chi connectivity index (χ3v) is 6.48. The number of aryl methyl sites for hydroxylation is 1. The number of methoxy groups -OCH3 is 2. The van der Waals surface area contributed by atoms with Crippen LogP contribution in [0.2, 0.25) is 0 Å². The van der Waals surface area contributed by atoms with Crippen molar-refractivity contribution in [3.63, 3.8) is 0 Å². The summed E-state index contributed by atoms with van der Waals surface area (Å²) in [5.41, 5.74) is 0.922. The molecule has 0 radical (unpaired) electrons. The van der Waals surface area contributed by atoms with Crippen LogP contribution in [0.15, 0.2) is 35.4 Å². The fourth-order valence-electron chi connectivity index (χ4n) is 3.33. The number of nitrogens with zero attached hydrogens (tertiary/aromatic N) is 3. The highest BCUT2D eigenvalue weighted by molar-refractivity contribution is 7.89. The second-order valence-corrected chi connectivity index (χ2v) is 7.72. The van der Waals surface area contributed by atoms with Crippen molar-refractivity contribution >= 4 is 10.0 Å². The van der Waals surface area contributed by atoms with Gasteiger partial charge in [-0.05, 0) is 38.0 Å². The van der Waals surface area contributed by atoms with Gasteiger partial charge in [0.15, 0.2) is 0 Å². The molecule has 8 heteroatoms. The molecule has 0 aliphatic carbocycles. The van der Waals surface area contributed by atoms with Gasteiger partial charge in [-0.3, -0.25) is 4.68 Å². The van der Waals surface area contributed by atoms with Crippen LogP contribution in [-0.2, 0) is 16.6 Å². The molecule has 3 rings (SSSR count). The van der Waals surface area contributed by atoms with Crippen LogP contribution < -0.4 is 9.47 Å². The van der Waals surface area contributed by atoms with Crippen LogP contribution in [0.1, 0.15) is 31.5 Å². The highest BCUT2D eigenvalue weighted by Crippen LogP contribution is 2.39. The fourth-order valence-corrected chi connectivity index (χ4v) is 5.17. The Morgan fingerprint density at radius 3 is 2.72 bits per heavy atom. The lowest BCUT2D eigenvalue weighted by molar-refractivity contribution is 0.365. The number of aromatic nitrogens is 2. The Morgan fingerprint density at radius 1 is 1.24 bits per heavy atom. The number of ether oxygens (including phenoxy) is 2. The number of hydrogen-bond donors (Lipinski definition) is 0. The molecule has 1 atom stereocenters. The third-order valence-electron chi connectivity index (χ3n) is 4.55. The van der Waals surface area contributed by atoms with Crippen molar-refractivity contribution in [3.05, 3.63) is 36.2 Å². The Labute approximate surface area is 148 Å². The quantitative estimate of drug-likeness (QED) is 0.786. The Kier molecular flexibility index (Phi) is 5.01. The van der Waals surface area contributed by atoms with Crippen LogP contribution >= 0.6 is 0 Å². The summed E-state index contributed by atoms with van der Waals surface area (Å²) < 4.78 is 40.6. The number of sulfonamides is 1. The van der Waals surface area contributed by atoms with Crippen molar-refractivity contribution < 1.29 is 17.9 Å². The number of rotatable bonds is 6. The van der Waals surface area contributed by atoms with Gasteiger partial charge in [0.25, 0.3) is 0 Å². The fraction of sp³-hybridized carbons (Fsp3) is 0.471. The molecule has 1 aromatic heterocycles. The van der Waals surface area contributed by atoms with Crippen LogP contribution in [0.25, 0.3) is 0 Å². The zero-order chi connectivity index (χ0) is 18.0. The molecule has 1 aliphatic heterocycles. The van der Waals surface area contributed by atoms with E-state index in [1.54, 1.807) is 22.6 Å². The number of hydrogen-bond acceptors (Lipinski definition) is 5. The maximum Gasteiger partial charge on any atom is 0.247 e. The van der Waals surface area contributed by atoms with Crippen molar-refractivity contribution in [3.8, 4) is 11.5 Å². The minimum Gasteiger partial charge on any atom is -0.497 e. The van der Waals surface area contributed by atoms with E-state index >= 15 is 0 Å². The van der Waals surface area contributed by atoms with Gasteiger partial charge < -0.3 is 9.47 Å². The smallest absolute Gasteiger partial charge is 0.247 e. The molecule has 0 N–H and O–H groups in total. The van der Waals surface area contributed by atoms with Crippen LogP contribution in [0.3, 0.4) is 0 Å². The van der Waals surface area contributed by atoms with Crippen molar-refractivity contribution in [2.24, 2.45) is 0 Å². The normalized spacial score (nSPS) is 18.4. The molecule has 2 heterocycles. The first-order valence-corrected chi connectivity index (χ1v) is 9.72. The first kappa shape index (κ1) is 17.8. The van der Waals surface area contributed by atoms with Crippen molar-refractivity contribution in [1.82, 2.24) is 14.1 Å².